The van der Waals surface area contributed by atoms with Gasteiger partial charge in [-0.1, -0.05) is 19.3 Å². The van der Waals surface area contributed by atoms with Crippen molar-refractivity contribution in [3.05, 3.63) is 23.8 Å². The van der Waals surface area contributed by atoms with E-state index in [9.17, 15) is 4.79 Å². The van der Waals surface area contributed by atoms with E-state index in [4.69, 9.17) is 9.47 Å². The lowest BCUT2D eigenvalue weighted by Gasteiger charge is -2.19. The van der Waals surface area contributed by atoms with Crippen molar-refractivity contribution >= 4 is 12.1 Å². The zero-order valence-corrected chi connectivity index (χ0v) is 12.6. The van der Waals surface area contributed by atoms with Crippen LogP contribution in [0, 0.1) is 5.92 Å². The second-order valence-electron chi connectivity index (χ2n) is 5.18. The summed E-state index contributed by atoms with van der Waals surface area (Å²) in [7, 11) is 3.19. The van der Waals surface area contributed by atoms with Crippen molar-refractivity contribution in [2.45, 2.75) is 32.1 Å². The number of hydrogen-bond acceptors (Lipinski definition) is 4. The second kappa shape index (κ2) is 7.67. The molecule has 114 valence electrons. The summed E-state index contributed by atoms with van der Waals surface area (Å²) in [5.74, 6) is 1.49. The first-order valence-corrected chi connectivity index (χ1v) is 7.29. The smallest absolute Gasteiger partial charge is 0.243 e. The standard InChI is InChI=1S/C16H22N2O3/c1-20-14-9-8-13(15(10-14)21-2)11-17-18-16(19)12-6-4-3-5-7-12/h8-12H,3-7H2,1-2H3,(H,18,19)/b17-11+. The molecule has 0 spiro atoms. The van der Waals surface area contributed by atoms with E-state index in [0.29, 0.717) is 5.75 Å². The van der Waals surface area contributed by atoms with Crippen LogP contribution < -0.4 is 14.9 Å². The van der Waals surface area contributed by atoms with Crippen LogP contribution in [0.5, 0.6) is 11.5 Å². The van der Waals surface area contributed by atoms with Gasteiger partial charge in [0, 0.05) is 17.5 Å². The highest BCUT2D eigenvalue weighted by atomic mass is 16.5. The largest absolute Gasteiger partial charge is 0.497 e. The maximum absolute atomic E-state index is 12.0. The molecule has 0 saturated heterocycles. The molecule has 0 heterocycles. The molecular weight excluding hydrogens is 268 g/mol. The molecule has 1 aliphatic rings. The van der Waals surface area contributed by atoms with Crippen LogP contribution in [0.25, 0.3) is 0 Å². The van der Waals surface area contributed by atoms with E-state index in [1.54, 1.807) is 26.5 Å². The van der Waals surface area contributed by atoms with Gasteiger partial charge in [0.15, 0.2) is 0 Å². The highest BCUT2D eigenvalue weighted by Gasteiger charge is 2.20. The number of benzene rings is 1. The number of nitrogens with one attached hydrogen (secondary N) is 1. The van der Waals surface area contributed by atoms with Crippen LogP contribution in [0.2, 0.25) is 0 Å². The monoisotopic (exact) mass is 290 g/mol. The fourth-order valence-corrected chi connectivity index (χ4v) is 2.55. The molecule has 0 atom stereocenters. The van der Waals surface area contributed by atoms with Crippen molar-refractivity contribution in [2.75, 3.05) is 14.2 Å². The minimum atomic E-state index is 0.0124. The molecule has 0 aromatic heterocycles. The zero-order valence-electron chi connectivity index (χ0n) is 12.6. The third-order valence-electron chi connectivity index (χ3n) is 3.79. The summed E-state index contributed by atoms with van der Waals surface area (Å²) < 4.78 is 10.4. The number of hydrogen-bond donors (Lipinski definition) is 1. The SMILES string of the molecule is COc1ccc(/C=N/NC(=O)C2CCCCC2)c(OC)c1. The molecule has 2 rings (SSSR count). The van der Waals surface area contributed by atoms with Crippen LogP contribution in [0.1, 0.15) is 37.7 Å². The topological polar surface area (TPSA) is 59.9 Å². The van der Waals surface area contributed by atoms with E-state index in [1.807, 2.05) is 12.1 Å². The molecule has 1 aliphatic carbocycles. The average molecular weight is 290 g/mol. The Bertz CT molecular complexity index is 508. The average Bonchev–Trinajstić information content (AvgIpc) is 2.55. The fourth-order valence-electron chi connectivity index (χ4n) is 2.55. The predicted octanol–water partition coefficient (Wildman–Crippen LogP) is 2.73. The molecule has 1 amide bonds. The van der Waals surface area contributed by atoms with Gasteiger partial charge in [0.05, 0.1) is 20.4 Å². The normalized spacial score (nSPS) is 15.9. The molecule has 0 bridgehead atoms. The lowest BCUT2D eigenvalue weighted by atomic mass is 9.89. The number of carbonyl (C=O) groups is 1. The van der Waals surface area contributed by atoms with Crippen LogP contribution in [-0.4, -0.2) is 26.3 Å². The van der Waals surface area contributed by atoms with E-state index >= 15 is 0 Å². The number of ether oxygens (including phenoxy) is 2. The molecule has 5 heteroatoms. The third-order valence-corrected chi connectivity index (χ3v) is 3.79. The maximum atomic E-state index is 12.0. The Morgan fingerprint density at radius 2 is 2.00 bits per heavy atom. The molecule has 0 aliphatic heterocycles. The van der Waals surface area contributed by atoms with Gasteiger partial charge < -0.3 is 9.47 Å². The minimum absolute atomic E-state index is 0.0124. The van der Waals surface area contributed by atoms with Crippen LogP contribution in [0.4, 0.5) is 0 Å². The Kier molecular flexibility index (Phi) is 5.60. The first kappa shape index (κ1) is 15.4. The zero-order chi connectivity index (χ0) is 15.1. The van der Waals surface area contributed by atoms with Gasteiger partial charge in [0.2, 0.25) is 5.91 Å². The van der Waals surface area contributed by atoms with Crippen LogP contribution in [-0.2, 0) is 4.79 Å². The number of hydrazone groups is 1. The van der Waals surface area contributed by atoms with Crippen molar-refractivity contribution in [2.24, 2.45) is 11.0 Å². The third kappa shape index (κ3) is 4.21. The Morgan fingerprint density at radius 3 is 2.67 bits per heavy atom. The van der Waals surface area contributed by atoms with Gasteiger partial charge in [-0.2, -0.15) is 5.10 Å². The minimum Gasteiger partial charge on any atom is -0.497 e. The van der Waals surface area contributed by atoms with Crippen molar-refractivity contribution in [1.82, 2.24) is 5.43 Å². The van der Waals surface area contributed by atoms with Crippen molar-refractivity contribution in [1.29, 1.82) is 0 Å². The van der Waals surface area contributed by atoms with Gasteiger partial charge in [0.25, 0.3) is 0 Å². The van der Waals surface area contributed by atoms with Gasteiger partial charge in [-0.3, -0.25) is 4.79 Å². The van der Waals surface area contributed by atoms with E-state index in [-0.39, 0.29) is 11.8 Å². The first-order chi connectivity index (χ1) is 10.2. The van der Waals surface area contributed by atoms with E-state index < -0.39 is 0 Å². The Hall–Kier alpha value is -2.04. The molecule has 1 saturated carbocycles. The van der Waals surface area contributed by atoms with E-state index in [2.05, 4.69) is 10.5 Å². The molecule has 21 heavy (non-hydrogen) atoms. The van der Waals surface area contributed by atoms with E-state index in [1.165, 1.54) is 6.42 Å². The van der Waals surface area contributed by atoms with Gasteiger partial charge in [-0.25, -0.2) is 5.43 Å². The lowest BCUT2D eigenvalue weighted by molar-refractivity contribution is -0.125. The number of methoxy groups -OCH3 is 2. The summed E-state index contributed by atoms with van der Waals surface area (Å²) in [6.07, 6.45) is 7.03. The van der Waals surface area contributed by atoms with Gasteiger partial charge in [-0.15, -0.1) is 0 Å². The summed E-state index contributed by atoms with van der Waals surface area (Å²) in [4.78, 5) is 12.0. The predicted molar refractivity (Wildman–Crippen MR) is 81.9 cm³/mol. The molecule has 5 nitrogen and oxygen atoms in total. The maximum Gasteiger partial charge on any atom is 0.243 e. The number of rotatable bonds is 5. The second-order valence-corrected chi connectivity index (χ2v) is 5.18. The van der Waals surface area contributed by atoms with Crippen LogP contribution >= 0.6 is 0 Å². The quantitative estimate of drug-likeness (QED) is 0.670. The highest BCUT2D eigenvalue weighted by Crippen LogP contribution is 2.24. The summed E-state index contributed by atoms with van der Waals surface area (Å²) in [5, 5.41) is 4.04. The van der Waals surface area contributed by atoms with Crippen LogP contribution in [0.15, 0.2) is 23.3 Å². The molecule has 0 unspecified atom stereocenters. The van der Waals surface area contributed by atoms with Gasteiger partial charge in [0.1, 0.15) is 11.5 Å². The summed E-state index contributed by atoms with van der Waals surface area (Å²) in [5.41, 5.74) is 3.42. The Morgan fingerprint density at radius 1 is 1.24 bits per heavy atom. The highest BCUT2D eigenvalue weighted by molar-refractivity contribution is 5.86. The van der Waals surface area contributed by atoms with Crippen LogP contribution in [0.3, 0.4) is 0 Å². The molecule has 1 aromatic carbocycles. The lowest BCUT2D eigenvalue weighted by Crippen LogP contribution is -2.28. The molecular formula is C16H22N2O3. The summed E-state index contributed by atoms with van der Waals surface area (Å²) in [6, 6.07) is 5.45. The van der Waals surface area contributed by atoms with Crippen molar-refractivity contribution < 1.29 is 14.3 Å². The number of carbonyl (C=O) groups excluding carboxylic acids is 1. The molecule has 1 aromatic rings. The Balaban J connectivity index is 1.95. The van der Waals surface area contributed by atoms with Gasteiger partial charge in [-0.05, 0) is 25.0 Å². The molecule has 0 radical (unpaired) electrons. The Labute approximate surface area is 125 Å². The van der Waals surface area contributed by atoms with Gasteiger partial charge >= 0.3 is 0 Å². The number of nitrogens with zero attached hydrogens (tertiary/aromatic N) is 1. The first-order valence-electron chi connectivity index (χ1n) is 7.29. The summed E-state index contributed by atoms with van der Waals surface area (Å²) >= 11 is 0. The van der Waals surface area contributed by atoms with E-state index in [0.717, 1.165) is 37.0 Å². The number of amides is 1. The summed E-state index contributed by atoms with van der Waals surface area (Å²) in [6.45, 7) is 0. The van der Waals surface area contributed by atoms with Crippen molar-refractivity contribution in [3.8, 4) is 11.5 Å². The molecule has 1 fully saturated rings. The van der Waals surface area contributed by atoms with Crippen molar-refractivity contribution in [3.63, 3.8) is 0 Å². The molecule has 1 N–H and O–H groups in total. The fraction of sp³-hybridized carbons (Fsp3) is 0.500.